The molecule has 0 aliphatic carbocycles. The van der Waals surface area contributed by atoms with Crippen molar-refractivity contribution in [3.63, 3.8) is 0 Å². The van der Waals surface area contributed by atoms with Gasteiger partial charge in [0.1, 0.15) is 11.3 Å². The molecule has 0 heterocycles. The molecule has 0 N–H and O–H groups in total. The van der Waals surface area contributed by atoms with E-state index in [-0.39, 0.29) is 0 Å². The number of rotatable bonds is 2. The third-order valence-electron chi connectivity index (χ3n) is 1.05. The van der Waals surface area contributed by atoms with Crippen molar-refractivity contribution in [2.24, 2.45) is 0 Å². The zero-order chi connectivity index (χ0) is 7.40. The average Bonchev–Trinajstić information content (AvgIpc) is 1.94. The minimum absolute atomic E-state index is 0.469. The van der Waals surface area contributed by atoms with Gasteiger partial charge in [-0.15, -0.1) is 0 Å². The van der Waals surface area contributed by atoms with Crippen LogP contribution in [0.1, 0.15) is 0 Å². The van der Waals surface area contributed by atoms with Gasteiger partial charge in [-0.2, -0.15) is 0 Å². The molecule has 0 saturated heterocycles. The lowest BCUT2D eigenvalue weighted by molar-refractivity contribution is 0.398. The van der Waals surface area contributed by atoms with Gasteiger partial charge in [-0.05, 0) is 28.1 Å². The number of hydrogen-bond acceptors (Lipinski definition) is 1. The van der Waals surface area contributed by atoms with Crippen molar-refractivity contribution in [1.82, 2.24) is 0 Å². The Balaban J connectivity index is 2.81. The molecule has 0 spiro atoms. The van der Waals surface area contributed by atoms with Gasteiger partial charge in [-0.1, -0.05) is 23.7 Å². The van der Waals surface area contributed by atoms with Crippen molar-refractivity contribution in [3.8, 4) is 5.75 Å². The first-order valence-electron chi connectivity index (χ1n) is 2.78. The first-order valence-corrected chi connectivity index (χ1v) is 4.28. The molecule has 3 heteroatoms. The van der Waals surface area contributed by atoms with Crippen molar-refractivity contribution < 1.29 is 4.74 Å². The van der Waals surface area contributed by atoms with Gasteiger partial charge in [0.15, 0.2) is 0 Å². The summed E-state index contributed by atoms with van der Waals surface area (Å²) in [5.74, 6) is 0.709. The van der Waals surface area contributed by atoms with E-state index < -0.39 is 0 Å². The number of hydrogen-bond donors (Lipinski definition) is 0. The fourth-order valence-electron chi connectivity index (χ4n) is 0.621. The maximum atomic E-state index is 5.76. The van der Waals surface area contributed by atoms with E-state index in [9.17, 15) is 0 Å². The normalized spacial score (nSPS) is 9.40. The van der Waals surface area contributed by atoms with Crippen LogP contribution in [0.3, 0.4) is 0 Å². The molecule has 1 aromatic carbocycles. The van der Waals surface area contributed by atoms with Crippen molar-refractivity contribution in [3.05, 3.63) is 29.3 Å². The van der Waals surface area contributed by atoms with Crippen LogP contribution in [-0.4, -0.2) is 5.52 Å². The standard InChI is InChI=1S/C7H6BrClO/c8-5-10-7-4-2-1-3-6(7)9/h1-4H,5H2. The Bertz CT molecular complexity index is 215. The van der Waals surface area contributed by atoms with Crippen molar-refractivity contribution in [1.29, 1.82) is 0 Å². The Hall–Kier alpha value is -0.210. The lowest BCUT2D eigenvalue weighted by Gasteiger charge is -2.01. The van der Waals surface area contributed by atoms with E-state index in [1.807, 2.05) is 18.2 Å². The second-order valence-electron chi connectivity index (χ2n) is 1.68. The van der Waals surface area contributed by atoms with Crippen LogP contribution in [0.2, 0.25) is 5.02 Å². The van der Waals surface area contributed by atoms with Crippen molar-refractivity contribution in [2.75, 3.05) is 5.52 Å². The van der Waals surface area contributed by atoms with Gasteiger partial charge < -0.3 is 4.74 Å². The molecule has 0 fully saturated rings. The van der Waals surface area contributed by atoms with E-state index >= 15 is 0 Å². The summed E-state index contributed by atoms with van der Waals surface area (Å²) in [6.45, 7) is 0. The zero-order valence-corrected chi connectivity index (χ0v) is 7.52. The maximum Gasteiger partial charge on any atom is 0.143 e. The fourth-order valence-corrected chi connectivity index (χ4v) is 1.06. The highest BCUT2D eigenvalue weighted by Crippen LogP contribution is 2.23. The molecule has 10 heavy (non-hydrogen) atoms. The third-order valence-corrected chi connectivity index (χ3v) is 1.59. The molecule has 54 valence electrons. The Morgan fingerprint density at radius 3 is 2.70 bits per heavy atom. The molecule has 0 atom stereocenters. The smallest absolute Gasteiger partial charge is 0.143 e. The molecular weight excluding hydrogens is 215 g/mol. The number of halogens is 2. The van der Waals surface area contributed by atoms with Gasteiger partial charge in [0.05, 0.1) is 5.02 Å². The molecule has 0 aliphatic heterocycles. The van der Waals surface area contributed by atoms with E-state index in [4.69, 9.17) is 16.3 Å². The van der Waals surface area contributed by atoms with Crippen LogP contribution in [0.15, 0.2) is 24.3 Å². The highest BCUT2D eigenvalue weighted by atomic mass is 79.9. The van der Waals surface area contributed by atoms with Crippen LogP contribution in [0.25, 0.3) is 0 Å². The number of para-hydroxylation sites is 1. The summed E-state index contributed by atoms with van der Waals surface area (Å²) in [6.07, 6.45) is 0. The summed E-state index contributed by atoms with van der Waals surface area (Å²) in [5.41, 5.74) is 0.469. The summed E-state index contributed by atoms with van der Waals surface area (Å²) < 4.78 is 5.12. The van der Waals surface area contributed by atoms with Gasteiger partial charge in [-0.25, -0.2) is 0 Å². The molecule has 0 aliphatic rings. The van der Waals surface area contributed by atoms with E-state index in [0.717, 1.165) is 0 Å². The molecule has 0 radical (unpaired) electrons. The minimum atomic E-state index is 0.469. The summed E-state index contributed by atoms with van der Waals surface area (Å²) in [4.78, 5) is 0. The second-order valence-corrected chi connectivity index (χ2v) is 2.55. The lowest BCUT2D eigenvalue weighted by Crippen LogP contribution is -1.87. The summed E-state index contributed by atoms with van der Waals surface area (Å²) >= 11 is 8.90. The minimum Gasteiger partial charge on any atom is -0.481 e. The Morgan fingerprint density at radius 1 is 1.40 bits per heavy atom. The van der Waals surface area contributed by atoms with Gasteiger partial charge >= 0.3 is 0 Å². The van der Waals surface area contributed by atoms with E-state index in [2.05, 4.69) is 15.9 Å². The molecule has 1 rings (SSSR count). The molecule has 1 nitrogen and oxygen atoms in total. The average molecular weight is 221 g/mol. The van der Waals surface area contributed by atoms with Crippen LogP contribution in [-0.2, 0) is 0 Å². The number of benzene rings is 1. The maximum absolute atomic E-state index is 5.76. The van der Waals surface area contributed by atoms with Crippen LogP contribution in [0, 0.1) is 0 Å². The Morgan fingerprint density at radius 2 is 2.10 bits per heavy atom. The van der Waals surface area contributed by atoms with Crippen LogP contribution in [0.5, 0.6) is 5.75 Å². The van der Waals surface area contributed by atoms with Crippen molar-refractivity contribution >= 4 is 27.5 Å². The summed E-state index contributed by atoms with van der Waals surface area (Å²) in [6, 6.07) is 7.36. The van der Waals surface area contributed by atoms with Gasteiger partial charge in [0.2, 0.25) is 0 Å². The predicted molar refractivity (Wildman–Crippen MR) is 45.9 cm³/mol. The largest absolute Gasteiger partial charge is 0.481 e. The quantitative estimate of drug-likeness (QED) is 0.698. The highest BCUT2D eigenvalue weighted by molar-refractivity contribution is 9.09. The molecule has 1 aromatic rings. The third kappa shape index (κ3) is 1.89. The monoisotopic (exact) mass is 220 g/mol. The molecule has 0 aromatic heterocycles. The zero-order valence-electron chi connectivity index (χ0n) is 5.18. The molecule has 0 amide bonds. The topological polar surface area (TPSA) is 9.23 Å². The number of ether oxygens (including phenoxy) is 1. The van der Waals surface area contributed by atoms with Crippen molar-refractivity contribution in [2.45, 2.75) is 0 Å². The fraction of sp³-hybridized carbons (Fsp3) is 0.143. The first-order chi connectivity index (χ1) is 4.84. The Kier molecular flexibility index (Phi) is 3.03. The van der Waals surface area contributed by atoms with Crippen LogP contribution >= 0.6 is 27.5 Å². The first kappa shape index (κ1) is 7.89. The van der Waals surface area contributed by atoms with E-state index in [1.165, 1.54) is 0 Å². The Labute approximate surface area is 73.1 Å². The highest BCUT2D eigenvalue weighted by Gasteiger charge is 1.95. The van der Waals surface area contributed by atoms with E-state index in [0.29, 0.717) is 16.3 Å². The molecule has 0 saturated carbocycles. The second kappa shape index (κ2) is 3.84. The molecule has 0 bridgehead atoms. The number of alkyl halides is 1. The van der Waals surface area contributed by atoms with Gasteiger partial charge in [0, 0.05) is 0 Å². The molecule has 0 unspecified atom stereocenters. The summed E-state index contributed by atoms with van der Waals surface area (Å²) in [7, 11) is 0. The SMILES string of the molecule is Clc1ccccc1OCBr. The van der Waals surface area contributed by atoms with Gasteiger partial charge in [-0.3, -0.25) is 0 Å². The molecular formula is C7H6BrClO. The van der Waals surface area contributed by atoms with Crippen LogP contribution in [0.4, 0.5) is 0 Å². The van der Waals surface area contributed by atoms with Crippen LogP contribution < -0.4 is 4.74 Å². The van der Waals surface area contributed by atoms with Gasteiger partial charge in [0.25, 0.3) is 0 Å². The predicted octanol–water partition coefficient (Wildman–Crippen LogP) is 3.07. The summed E-state index contributed by atoms with van der Waals surface area (Å²) in [5, 5.41) is 0.641. The van der Waals surface area contributed by atoms with E-state index in [1.54, 1.807) is 6.07 Å². The lowest BCUT2D eigenvalue weighted by atomic mass is 10.3.